The smallest absolute Gasteiger partial charge is 0.105 e. The van der Waals surface area contributed by atoms with Gasteiger partial charge in [0.1, 0.15) is 6.23 Å². The molecule has 0 aromatic rings. The molecule has 3 heteroatoms. The normalized spacial score (nSPS) is 13.9. The highest BCUT2D eigenvalue weighted by molar-refractivity contribution is 4.52. The van der Waals surface area contributed by atoms with Gasteiger partial charge in [-0.25, -0.2) is 0 Å². The molecule has 0 rings (SSSR count). The second-order valence-corrected chi connectivity index (χ2v) is 1.46. The van der Waals surface area contributed by atoms with Gasteiger partial charge < -0.3 is 9.84 Å². The zero-order valence-electron chi connectivity index (χ0n) is 5.05. The van der Waals surface area contributed by atoms with Crippen LogP contribution in [0, 0.1) is 6.92 Å². The molecule has 0 aromatic heterocycles. The Kier molecular flexibility index (Phi) is 4.95. The molecule has 1 radical (unpaired) electrons. The number of rotatable bonds is 4. The molecule has 0 amide bonds. The highest BCUT2D eigenvalue weighted by Gasteiger charge is 1.89. The Morgan fingerprint density at radius 3 is 2.88 bits per heavy atom. The first-order chi connectivity index (χ1) is 3.77. The van der Waals surface area contributed by atoms with Gasteiger partial charge in [0.25, 0.3) is 0 Å². The summed E-state index contributed by atoms with van der Waals surface area (Å²) in [7, 11) is 1.61. The van der Waals surface area contributed by atoms with Crippen LogP contribution in [-0.4, -0.2) is 31.6 Å². The van der Waals surface area contributed by atoms with E-state index in [0.717, 1.165) is 0 Å². The fourth-order valence-corrected chi connectivity index (χ4v) is 0.328. The summed E-state index contributed by atoms with van der Waals surface area (Å²) in [6.07, 6.45) is -0.676. The maximum atomic E-state index is 8.50. The third-order valence-electron chi connectivity index (χ3n) is 0.686. The van der Waals surface area contributed by atoms with Crippen LogP contribution in [0.1, 0.15) is 0 Å². The molecule has 0 saturated carbocycles. The fraction of sp³-hybridized carbons (Fsp3) is 0.800. The molecule has 1 unspecified atom stereocenters. The topological polar surface area (TPSA) is 41.5 Å². The van der Waals surface area contributed by atoms with Gasteiger partial charge in [0, 0.05) is 13.7 Å². The molecule has 49 valence electrons. The molecule has 0 spiro atoms. The summed E-state index contributed by atoms with van der Waals surface area (Å²) >= 11 is 0. The third-order valence-corrected chi connectivity index (χ3v) is 0.686. The van der Waals surface area contributed by atoms with Gasteiger partial charge in [0.2, 0.25) is 0 Å². The molecule has 3 nitrogen and oxygen atoms in total. The van der Waals surface area contributed by atoms with Crippen molar-refractivity contribution >= 4 is 0 Å². The maximum Gasteiger partial charge on any atom is 0.105 e. The Morgan fingerprint density at radius 2 is 2.50 bits per heavy atom. The summed E-state index contributed by atoms with van der Waals surface area (Å²) < 4.78 is 4.69. The van der Waals surface area contributed by atoms with Gasteiger partial charge in [-0.15, -0.1) is 0 Å². The summed E-state index contributed by atoms with van der Waals surface area (Å²) in [5.74, 6) is 0. The molecule has 0 fully saturated rings. The van der Waals surface area contributed by atoms with Crippen molar-refractivity contribution in [2.24, 2.45) is 0 Å². The molecule has 0 aliphatic heterocycles. The standard InChI is InChI=1S/C5H12NO2/c1-5(7)6-3-4-8-2/h5-7H,1,3-4H2,2H3. The van der Waals surface area contributed by atoms with E-state index in [1.165, 1.54) is 0 Å². The lowest BCUT2D eigenvalue weighted by Crippen LogP contribution is -2.28. The first kappa shape index (κ1) is 7.88. The van der Waals surface area contributed by atoms with Crippen LogP contribution in [0.15, 0.2) is 0 Å². The number of nitrogens with one attached hydrogen (secondary N) is 1. The molecule has 0 heterocycles. The van der Waals surface area contributed by atoms with Crippen molar-refractivity contribution in [2.45, 2.75) is 6.23 Å². The van der Waals surface area contributed by atoms with E-state index in [1.54, 1.807) is 7.11 Å². The first-order valence-electron chi connectivity index (χ1n) is 2.51. The van der Waals surface area contributed by atoms with E-state index in [9.17, 15) is 0 Å². The molecule has 0 aliphatic rings. The van der Waals surface area contributed by atoms with Crippen molar-refractivity contribution in [3.63, 3.8) is 0 Å². The molecule has 0 bridgehead atoms. The maximum absolute atomic E-state index is 8.50. The van der Waals surface area contributed by atoms with Crippen molar-refractivity contribution < 1.29 is 9.84 Å². The van der Waals surface area contributed by atoms with Gasteiger partial charge in [0.05, 0.1) is 6.61 Å². The van der Waals surface area contributed by atoms with Gasteiger partial charge in [0.15, 0.2) is 0 Å². The van der Waals surface area contributed by atoms with Gasteiger partial charge >= 0.3 is 0 Å². The fourth-order valence-electron chi connectivity index (χ4n) is 0.328. The Balaban J connectivity index is 2.72. The van der Waals surface area contributed by atoms with Crippen molar-refractivity contribution in [3.05, 3.63) is 6.92 Å². The third kappa shape index (κ3) is 5.88. The van der Waals surface area contributed by atoms with Crippen LogP contribution in [0.3, 0.4) is 0 Å². The number of hydrogen-bond donors (Lipinski definition) is 2. The minimum atomic E-state index is -0.676. The molecule has 8 heavy (non-hydrogen) atoms. The van der Waals surface area contributed by atoms with Gasteiger partial charge in [-0.3, -0.25) is 5.32 Å². The SMILES string of the molecule is [CH2]C(O)NCCOC. The minimum Gasteiger partial charge on any atom is -0.383 e. The van der Waals surface area contributed by atoms with Crippen molar-refractivity contribution in [2.75, 3.05) is 20.3 Å². The number of methoxy groups -OCH3 is 1. The largest absolute Gasteiger partial charge is 0.383 e. The highest BCUT2D eigenvalue weighted by atomic mass is 16.5. The second-order valence-electron chi connectivity index (χ2n) is 1.46. The lowest BCUT2D eigenvalue weighted by molar-refractivity contribution is 0.149. The second kappa shape index (κ2) is 5.03. The minimum absolute atomic E-state index is 0.604. The van der Waals surface area contributed by atoms with Crippen molar-refractivity contribution in [1.29, 1.82) is 0 Å². The summed E-state index contributed by atoms with van der Waals surface area (Å²) in [4.78, 5) is 0. The van der Waals surface area contributed by atoms with E-state index in [1.807, 2.05) is 0 Å². The predicted molar refractivity (Wildman–Crippen MR) is 31.2 cm³/mol. The summed E-state index contributed by atoms with van der Waals surface area (Å²) in [6, 6.07) is 0. The first-order valence-corrected chi connectivity index (χ1v) is 2.51. The molecular weight excluding hydrogens is 106 g/mol. The summed E-state index contributed by atoms with van der Waals surface area (Å²) in [6.45, 7) is 4.54. The molecule has 2 N–H and O–H groups in total. The highest BCUT2D eigenvalue weighted by Crippen LogP contribution is 1.68. The number of aliphatic hydroxyl groups excluding tert-OH is 1. The quantitative estimate of drug-likeness (QED) is 0.381. The lowest BCUT2D eigenvalue weighted by Gasteiger charge is -2.04. The van der Waals surface area contributed by atoms with Crippen LogP contribution >= 0.6 is 0 Å². The summed E-state index contributed by atoms with van der Waals surface area (Å²) in [5.41, 5.74) is 0. The van der Waals surface area contributed by atoms with Crippen molar-refractivity contribution in [1.82, 2.24) is 5.32 Å². The molecule has 0 aliphatic carbocycles. The average molecular weight is 118 g/mol. The monoisotopic (exact) mass is 118 g/mol. The van der Waals surface area contributed by atoms with E-state index in [2.05, 4.69) is 12.2 Å². The van der Waals surface area contributed by atoms with E-state index >= 15 is 0 Å². The predicted octanol–water partition coefficient (Wildman–Crippen LogP) is -0.625. The average Bonchev–Trinajstić information content (AvgIpc) is 1.66. The zero-order chi connectivity index (χ0) is 6.41. The van der Waals surface area contributed by atoms with Gasteiger partial charge in [-0.2, -0.15) is 0 Å². The zero-order valence-corrected chi connectivity index (χ0v) is 5.05. The van der Waals surface area contributed by atoms with Gasteiger partial charge in [-0.1, -0.05) is 0 Å². The van der Waals surface area contributed by atoms with Crippen LogP contribution in [-0.2, 0) is 4.74 Å². The Labute approximate surface area is 49.7 Å². The molecule has 0 aromatic carbocycles. The van der Waals surface area contributed by atoms with E-state index in [4.69, 9.17) is 9.84 Å². The Hall–Kier alpha value is -0.120. The molecular formula is C5H12NO2. The molecule has 0 saturated heterocycles. The van der Waals surface area contributed by atoms with E-state index in [0.29, 0.717) is 13.2 Å². The molecule has 1 atom stereocenters. The van der Waals surface area contributed by atoms with E-state index < -0.39 is 6.23 Å². The van der Waals surface area contributed by atoms with Crippen LogP contribution in [0.25, 0.3) is 0 Å². The number of hydrogen-bond acceptors (Lipinski definition) is 3. The van der Waals surface area contributed by atoms with Crippen LogP contribution < -0.4 is 5.32 Å². The van der Waals surface area contributed by atoms with Crippen molar-refractivity contribution in [3.8, 4) is 0 Å². The van der Waals surface area contributed by atoms with Crippen LogP contribution in [0.2, 0.25) is 0 Å². The Bertz CT molecular complexity index is 47.7. The van der Waals surface area contributed by atoms with Gasteiger partial charge in [-0.05, 0) is 6.92 Å². The van der Waals surface area contributed by atoms with E-state index in [-0.39, 0.29) is 0 Å². The number of aliphatic hydroxyl groups is 1. The Morgan fingerprint density at radius 1 is 1.88 bits per heavy atom. The van der Waals surface area contributed by atoms with Crippen LogP contribution in [0.4, 0.5) is 0 Å². The number of ether oxygens (including phenoxy) is 1. The lowest BCUT2D eigenvalue weighted by atomic mass is 10.6. The van der Waals surface area contributed by atoms with Crippen LogP contribution in [0.5, 0.6) is 0 Å². The summed E-state index contributed by atoms with van der Waals surface area (Å²) in [5, 5.41) is 11.2.